The van der Waals surface area contributed by atoms with Gasteiger partial charge in [0.2, 0.25) is 6.79 Å². The van der Waals surface area contributed by atoms with Gasteiger partial charge in [0.15, 0.2) is 28.0 Å². The summed E-state index contributed by atoms with van der Waals surface area (Å²) in [5.41, 5.74) is 3.19. The number of anilines is 1. The Morgan fingerprint density at radius 3 is 2.69 bits per heavy atom. The van der Waals surface area contributed by atoms with Gasteiger partial charge in [-0.05, 0) is 48.9 Å². The minimum Gasteiger partial charge on any atom is -0.454 e. The van der Waals surface area contributed by atoms with Gasteiger partial charge in [-0.1, -0.05) is 23.8 Å². The number of hydrogen-bond acceptors (Lipinski definition) is 5. The van der Waals surface area contributed by atoms with Gasteiger partial charge < -0.3 is 19.3 Å². The van der Waals surface area contributed by atoms with Crippen LogP contribution in [-0.4, -0.2) is 35.8 Å². The monoisotopic (exact) mass is 494 g/mol. The molecule has 0 N–H and O–H groups in total. The highest BCUT2D eigenvalue weighted by atomic mass is 32.2. The minimum atomic E-state index is -1.24. The van der Waals surface area contributed by atoms with Crippen LogP contribution in [-0.2, 0) is 16.2 Å². The molecule has 178 valence electrons. The second-order valence-corrected chi connectivity index (χ2v) is 9.97. The van der Waals surface area contributed by atoms with E-state index in [0.29, 0.717) is 40.6 Å². The van der Waals surface area contributed by atoms with E-state index < -0.39 is 16.5 Å². The van der Waals surface area contributed by atoms with Crippen molar-refractivity contribution < 1.29 is 27.8 Å². The standard InChI is InChI=1S/C26H20F2N2O4S/c1-15-2-6-21-18(10-15)26(25(32)29(21)13-16-3-5-19(27)20(28)11-16)30(8-9-35-26)24(31)17-4-7-22-23(12-17)34-14-33-22/h2-7,10-12H,8-9,13-14H2,1H3. The smallest absolute Gasteiger partial charge is 0.268 e. The lowest BCUT2D eigenvalue weighted by Gasteiger charge is -2.33. The topological polar surface area (TPSA) is 59.1 Å². The van der Waals surface area contributed by atoms with Gasteiger partial charge >= 0.3 is 0 Å². The summed E-state index contributed by atoms with van der Waals surface area (Å²) in [6.07, 6.45) is 0. The summed E-state index contributed by atoms with van der Waals surface area (Å²) in [5.74, 6) is -0.839. The number of carbonyl (C=O) groups excluding carboxylic acids is 2. The summed E-state index contributed by atoms with van der Waals surface area (Å²) in [4.78, 5) is 29.8. The molecular formula is C26H20F2N2O4S. The first-order valence-electron chi connectivity index (χ1n) is 11.1. The van der Waals surface area contributed by atoms with E-state index in [2.05, 4.69) is 0 Å². The quantitative estimate of drug-likeness (QED) is 0.533. The molecule has 0 radical (unpaired) electrons. The van der Waals surface area contributed by atoms with Crippen molar-refractivity contribution in [1.29, 1.82) is 0 Å². The molecule has 3 aliphatic rings. The SMILES string of the molecule is Cc1ccc2c(c1)C1(SCCN1C(=O)c1ccc3c(c1)OCO3)C(=O)N2Cc1ccc(F)c(F)c1. The van der Waals surface area contributed by atoms with E-state index in [1.165, 1.54) is 17.8 Å². The summed E-state index contributed by atoms with van der Waals surface area (Å²) in [5, 5.41) is 0. The Morgan fingerprint density at radius 1 is 1.03 bits per heavy atom. The molecule has 3 aliphatic heterocycles. The van der Waals surface area contributed by atoms with Gasteiger partial charge in [0.25, 0.3) is 11.8 Å². The first-order chi connectivity index (χ1) is 16.9. The van der Waals surface area contributed by atoms with Gasteiger partial charge in [-0.2, -0.15) is 0 Å². The lowest BCUT2D eigenvalue weighted by atomic mass is 10.0. The van der Waals surface area contributed by atoms with Crippen molar-refractivity contribution in [1.82, 2.24) is 4.90 Å². The predicted octanol–water partition coefficient (Wildman–Crippen LogP) is 4.59. The van der Waals surface area contributed by atoms with E-state index in [4.69, 9.17) is 9.47 Å². The molecule has 6 nitrogen and oxygen atoms in total. The Morgan fingerprint density at radius 2 is 1.86 bits per heavy atom. The number of carbonyl (C=O) groups is 2. The second kappa shape index (κ2) is 7.98. The normalized spacial score (nSPS) is 20.1. The van der Waals surface area contributed by atoms with Crippen LogP contribution in [0.1, 0.15) is 27.0 Å². The number of benzene rings is 3. The van der Waals surface area contributed by atoms with Crippen molar-refractivity contribution in [3.8, 4) is 11.5 Å². The Balaban J connectivity index is 1.42. The molecule has 1 unspecified atom stereocenters. The number of aryl methyl sites for hydroxylation is 1. The summed E-state index contributed by atoms with van der Waals surface area (Å²) in [7, 11) is 0. The number of hydrogen-bond donors (Lipinski definition) is 0. The fraction of sp³-hybridized carbons (Fsp3) is 0.231. The molecule has 3 aromatic rings. The number of fused-ring (bicyclic) bond motifs is 3. The van der Waals surface area contributed by atoms with E-state index in [9.17, 15) is 18.4 Å². The molecule has 0 aliphatic carbocycles. The van der Waals surface area contributed by atoms with Gasteiger partial charge in [-0.15, -0.1) is 11.8 Å². The van der Waals surface area contributed by atoms with Crippen molar-refractivity contribution in [2.45, 2.75) is 18.3 Å². The molecule has 9 heteroatoms. The minimum absolute atomic E-state index is 0.0560. The molecule has 3 heterocycles. The van der Waals surface area contributed by atoms with Crippen LogP contribution < -0.4 is 14.4 Å². The largest absolute Gasteiger partial charge is 0.454 e. The Bertz CT molecular complexity index is 1400. The molecular weight excluding hydrogens is 474 g/mol. The number of rotatable bonds is 3. The van der Waals surface area contributed by atoms with Gasteiger partial charge in [-0.25, -0.2) is 8.78 Å². The fourth-order valence-electron chi connectivity index (χ4n) is 4.89. The Kier molecular flexibility index (Phi) is 5.00. The third kappa shape index (κ3) is 3.29. The molecule has 6 rings (SSSR count). The van der Waals surface area contributed by atoms with Crippen LogP contribution >= 0.6 is 11.8 Å². The van der Waals surface area contributed by atoms with Crippen LogP contribution in [0.15, 0.2) is 54.6 Å². The van der Waals surface area contributed by atoms with Gasteiger partial charge in [0, 0.05) is 23.4 Å². The fourth-order valence-corrected chi connectivity index (χ4v) is 6.34. The lowest BCUT2D eigenvalue weighted by molar-refractivity contribution is -0.123. The molecule has 1 fully saturated rings. The lowest BCUT2D eigenvalue weighted by Crippen LogP contribution is -2.50. The van der Waals surface area contributed by atoms with E-state index in [1.54, 1.807) is 28.0 Å². The van der Waals surface area contributed by atoms with E-state index in [-0.39, 0.29) is 25.2 Å². The van der Waals surface area contributed by atoms with Crippen LogP contribution in [0.25, 0.3) is 0 Å². The average Bonchev–Trinajstić information content (AvgIpc) is 3.55. The van der Waals surface area contributed by atoms with Crippen LogP contribution in [0.5, 0.6) is 11.5 Å². The zero-order chi connectivity index (χ0) is 24.3. The van der Waals surface area contributed by atoms with Gasteiger partial charge in [0.1, 0.15) is 0 Å². The number of thioether (sulfide) groups is 1. The number of ether oxygens (including phenoxy) is 2. The summed E-state index contributed by atoms with van der Waals surface area (Å²) in [6, 6.07) is 14.3. The molecule has 3 aromatic carbocycles. The van der Waals surface area contributed by atoms with E-state index in [0.717, 1.165) is 23.3 Å². The highest BCUT2D eigenvalue weighted by molar-refractivity contribution is 8.01. The maximum atomic E-state index is 14.1. The van der Waals surface area contributed by atoms with Crippen molar-refractivity contribution >= 4 is 29.3 Å². The van der Waals surface area contributed by atoms with E-state index in [1.807, 2.05) is 25.1 Å². The summed E-state index contributed by atoms with van der Waals surface area (Å²) in [6.45, 7) is 2.47. The molecule has 1 spiro atoms. The molecule has 1 saturated heterocycles. The van der Waals surface area contributed by atoms with E-state index >= 15 is 0 Å². The summed E-state index contributed by atoms with van der Waals surface area (Å²) >= 11 is 1.41. The zero-order valence-corrected chi connectivity index (χ0v) is 19.5. The Hall–Kier alpha value is -3.59. The Labute approximate surface area is 204 Å². The van der Waals surface area contributed by atoms with Gasteiger partial charge in [0.05, 0.1) is 12.2 Å². The molecule has 35 heavy (non-hydrogen) atoms. The predicted molar refractivity (Wildman–Crippen MR) is 126 cm³/mol. The highest BCUT2D eigenvalue weighted by Crippen LogP contribution is 2.55. The molecule has 0 saturated carbocycles. The molecule has 2 amide bonds. The van der Waals surface area contributed by atoms with Crippen molar-refractivity contribution in [2.75, 3.05) is 24.0 Å². The first-order valence-corrected chi connectivity index (χ1v) is 12.1. The summed E-state index contributed by atoms with van der Waals surface area (Å²) < 4.78 is 38.2. The van der Waals surface area contributed by atoms with Crippen LogP contribution in [0.4, 0.5) is 14.5 Å². The van der Waals surface area contributed by atoms with Crippen molar-refractivity contribution in [2.24, 2.45) is 0 Å². The van der Waals surface area contributed by atoms with Crippen molar-refractivity contribution in [3.05, 3.63) is 88.5 Å². The van der Waals surface area contributed by atoms with Crippen LogP contribution in [0.3, 0.4) is 0 Å². The molecule has 1 atom stereocenters. The molecule has 0 aromatic heterocycles. The van der Waals surface area contributed by atoms with Crippen molar-refractivity contribution in [3.63, 3.8) is 0 Å². The first kappa shape index (κ1) is 21.9. The third-order valence-corrected chi connectivity index (χ3v) is 7.96. The van der Waals surface area contributed by atoms with Crippen LogP contribution in [0.2, 0.25) is 0 Å². The molecule has 0 bridgehead atoms. The number of nitrogens with zero attached hydrogens (tertiary/aromatic N) is 2. The number of halogens is 2. The van der Waals surface area contributed by atoms with Gasteiger partial charge in [-0.3, -0.25) is 9.59 Å². The van der Waals surface area contributed by atoms with Crippen LogP contribution in [0, 0.1) is 18.6 Å². The maximum absolute atomic E-state index is 14.1. The third-order valence-electron chi connectivity index (χ3n) is 6.54. The zero-order valence-electron chi connectivity index (χ0n) is 18.7. The average molecular weight is 495 g/mol. The highest BCUT2D eigenvalue weighted by Gasteiger charge is 2.59. The second-order valence-electron chi connectivity index (χ2n) is 8.68. The maximum Gasteiger partial charge on any atom is 0.268 e. The number of amides is 2.